The van der Waals surface area contributed by atoms with Crippen LogP contribution in [0.25, 0.3) is 0 Å². The molecule has 1 N–H and O–H groups in total. The molecule has 7 heteroatoms. The molecule has 1 aliphatic heterocycles. The van der Waals surface area contributed by atoms with Crippen molar-refractivity contribution in [1.29, 1.82) is 0 Å². The zero-order valence-electron chi connectivity index (χ0n) is 17.0. The fraction of sp³-hybridized carbons (Fsp3) is 0.292. The van der Waals surface area contributed by atoms with Gasteiger partial charge in [-0.15, -0.1) is 0 Å². The molecular weight excluding hydrogens is 397 g/mol. The molecule has 1 aliphatic rings. The molecule has 2 amide bonds. The second-order valence-corrected chi connectivity index (χ2v) is 7.66. The van der Waals surface area contributed by atoms with Crippen LogP contribution in [-0.4, -0.2) is 34.3 Å². The van der Waals surface area contributed by atoms with E-state index in [1.807, 2.05) is 17.0 Å². The molecule has 1 fully saturated rings. The largest absolute Gasteiger partial charge is 0.459 e. The van der Waals surface area contributed by atoms with E-state index >= 15 is 0 Å². The number of likely N-dealkylation sites (tertiary alicyclic amines) is 1. The number of aromatic nitrogens is 1. The summed E-state index contributed by atoms with van der Waals surface area (Å²) in [7, 11) is 0. The normalized spacial score (nSPS) is 17.2. The molecule has 3 aromatic rings. The monoisotopic (exact) mass is 421 g/mol. The van der Waals surface area contributed by atoms with Crippen LogP contribution in [0.1, 0.15) is 47.0 Å². The Labute approximate surface area is 180 Å². The van der Waals surface area contributed by atoms with Gasteiger partial charge in [0, 0.05) is 25.4 Å². The number of hydrogen-bond donors (Lipinski definition) is 1. The molecule has 1 saturated heterocycles. The lowest BCUT2D eigenvalue weighted by Gasteiger charge is -2.38. The predicted molar refractivity (Wildman–Crippen MR) is 113 cm³/mol. The van der Waals surface area contributed by atoms with Gasteiger partial charge in [-0.2, -0.15) is 0 Å². The number of halogens is 1. The van der Waals surface area contributed by atoms with Crippen LogP contribution in [0.5, 0.6) is 0 Å². The van der Waals surface area contributed by atoms with Crippen LogP contribution in [0.2, 0.25) is 0 Å². The van der Waals surface area contributed by atoms with E-state index in [1.54, 1.807) is 36.7 Å². The minimum absolute atomic E-state index is 0.0915. The first-order valence-electron chi connectivity index (χ1n) is 10.4. The fourth-order valence-electron chi connectivity index (χ4n) is 4.01. The third kappa shape index (κ3) is 4.99. The van der Waals surface area contributed by atoms with Crippen molar-refractivity contribution in [3.05, 3.63) is 89.9 Å². The Hall–Kier alpha value is -3.48. The van der Waals surface area contributed by atoms with E-state index in [0.29, 0.717) is 6.54 Å². The molecule has 2 aromatic heterocycles. The molecular formula is C24H24FN3O3. The maximum Gasteiger partial charge on any atom is 0.287 e. The molecule has 31 heavy (non-hydrogen) atoms. The number of hydrogen-bond acceptors (Lipinski definition) is 4. The minimum Gasteiger partial charge on any atom is -0.459 e. The number of nitrogens with zero attached hydrogens (tertiary/aromatic N) is 2. The number of furan rings is 1. The van der Waals surface area contributed by atoms with Gasteiger partial charge in [0.2, 0.25) is 5.91 Å². The summed E-state index contributed by atoms with van der Waals surface area (Å²) in [6.45, 7) is 0.606. The average Bonchev–Trinajstić information content (AvgIpc) is 3.35. The molecule has 2 atom stereocenters. The summed E-state index contributed by atoms with van der Waals surface area (Å²) >= 11 is 0. The van der Waals surface area contributed by atoms with Crippen LogP contribution >= 0.6 is 0 Å². The molecule has 4 rings (SSSR count). The Kier molecular flexibility index (Phi) is 6.40. The van der Waals surface area contributed by atoms with Gasteiger partial charge in [0.1, 0.15) is 11.9 Å². The number of carbonyl (C=O) groups is 2. The lowest BCUT2D eigenvalue weighted by molar-refractivity contribution is -0.137. The van der Waals surface area contributed by atoms with Gasteiger partial charge in [0.05, 0.1) is 12.3 Å². The number of benzene rings is 1. The first-order valence-corrected chi connectivity index (χ1v) is 10.4. The lowest BCUT2D eigenvalue weighted by Crippen LogP contribution is -2.51. The highest BCUT2D eigenvalue weighted by Crippen LogP contribution is 2.31. The molecule has 1 aromatic carbocycles. The van der Waals surface area contributed by atoms with Crippen molar-refractivity contribution in [3.63, 3.8) is 0 Å². The average molecular weight is 421 g/mol. The van der Waals surface area contributed by atoms with Crippen LogP contribution in [0.3, 0.4) is 0 Å². The summed E-state index contributed by atoms with van der Waals surface area (Å²) in [5, 5.41) is 2.82. The van der Waals surface area contributed by atoms with Gasteiger partial charge in [-0.25, -0.2) is 4.39 Å². The topological polar surface area (TPSA) is 75.4 Å². The highest BCUT2D eigenvalue weighted by atomic mass is 19.1. The summed E-state index contributed by atoms with van der Waals surface area (Å²) in [5.74, 6) is -0.837. The highest BCUT2D eigenvalue weighted by Gasteiger charge is 2.34. The molecule has 0 spiro atoms. The number of nitrogens with one attached hydrogen (secondary N) is 1. The molecule has 2 unspecified atom stereocenters. The number of pyridine rings is 1. The first kappa shape index (κ1) is 20.8. The van der Waals surface area contributed by atoms with Crippen molar-refractivity contribution in [2.24, 2.45) is 0 Å². The van der Waals surface area contributed by atoms with Gasteiger partial charge in [0.15, 0.2) is 5.76 Å². The van der Waals surface area contributed by atoms with E-state index in [4.69, 9.17) is 4.42 Å². The van der Waals surface area contributed by atoms with Crippen molar-refractivity contribution in [2.45, 2.75) is 37.8 Å². The highest BCUT2D eigenvalue weighted by molar-refractivity contribution is 5.95. The molecule has 6 nitrogen and oxygen atoms in total. The maximum atomic E-state index is 13.6. The number of amides is 2. The molecule has 160 valence electrons. The van der Waals surface area contributed by atoms with E-state index in [-0.39, 0.29) is 29.9 Å². The number of carbonyl (C=O) groups excluding carboxylic acids is 2. The van der Waals surface area contributed by atoms with Gasteiger partial charge in [-0.3, -0.25) is 14.6 Å². The van der Waals surface area contributed by atoms with Crippen molar-refractivity contribution < 1.29 is 18.4 Å². The van der Waals surface area contributed by atoms with Crippen LogP contribution in [-0.2, 0) is 11.2 Å². The van der Waals surface area contributed by atoms with E-state index in [9.17, 15) is 14.0 Å². The van der Waals surface area contributed by atoms with Gasteiger partial charge >= 0.3 is 0 Å². The van der Waals surface area contributed by atoms with Crippen molar-refractivity contribution in [1.82, 2.24) is 15.2 Å². The third-order valence-corrected chi connectivity index (χ3v) is 5.56. The van der Waals surface area contributed by atoms with Crippen molar-refractivity contribution in [2.75, 3.05) is 6.54 Å². The van der Waals surface area contributed by atoms with Gasteiger partial charge in [-0.1, -0.05) is 18.2 Å². The Morgan fingerprint density at radius 3 is 2.71 bits per heavy atom. The molecule has 3 heterocycles. The quantitative estimate of drug-likeness (QED) is 0.655. The maximum absolute atomic E-state index is 13.6. The van der Waals surface area contributed by atoms with E-state index in [2.05, 4.69) is 10.3 Å². The van der Waals surface area contributed by atoms with E-state index in [1.165, 1.54) is 18.4 Å². The van der Waals surface area contributed by atoms with Crippen molar-refractivity contribution >= 4 is 11.8 Å². The second-order valence-electron chi connectivity index (χ2n) is 7.66. The SMILES string of the molecule is O=C(NC(Cc1ccc(F)cc1)C(=O)N1CCCCC1c1cccnc1)c1ccco1. The Morgan fingerprint density at radius 2 is 2.00 bits per heavy atom. The fourth-order valence-corrected chi connectivity index (χ4v) is 4.01. The summed E-state index contributed by atoms with van der Waals surface area (Å²) < 4.78 is 18.5. The number of piperidine rings is 1. The standard InChI is InChI=1S/C24H24FN3O3/c25-19-10-8-17(9-11-19)15-20(27-23(29)22-7-4-14-31-22)24(30)28-13-2-1-6-21(28)18-5-3-12-26-16-18/h3-5,7-12,14,16,20-21H,1-2,6,13,15H2,(H,27,29). The predicted octanol–water partition coefficient (Wildman–Crippen LogP) is 3.91. The van der Waals surface area contributed by atoms with Gasteiger partial charge in [-0.05, 0) is 60.7 Å². The van der Waals surface area contributed by atoms with Crippen LogP contribution < -0.4 is 5.32 Å². The summed E-state index contributed by atoms with van der Waals surface area (Å²) in [5.41, 5.74) is 1.74. The number of rotatable bonds is 6. The van der Waals surface area contributed by atoms with E-state index < -0.39 is 11.9 Å². The van der Waals surface area contributed by atoms with Crippen LogP contribution in [0.15, 0.2) is 71.6 Å². The van der Waals surface area contributed by atoms with Crippen molar-refractivity contribution in [3.8, 4) is 0 Å². The van der Waals surface area contributed by atoms with Crippen LogP contribution in [0.4, 0.5) is 4.39 Å². The zero-order chi connectivity index (χ0) is 21.6. The molecule has 0 radical (unpaired) electrons. The smallest absolute Gasteiger partial charge is 0.287 e. The second kappa shape index (κ2) is 9.55. The molecule has 0 bridgehead atoms. The summed E-state index contributed by atoms with van der Waals surface area (Å²) in [6, 6.07) is 12.1. The Balaban J connectivity index is 1.59. The minimum atomic E-state index is -0.805. The van der Waals surface area contributed by atoms with Gasteiger partial charge < -0.3 is 14.6 Å². The van der Waals surface area contributed by atoms with Gasteiger partial charge in [0.25, 0.3) is 5.91 Å². The molecule has 0 saturated carbocycles. The summed E-state index contributed by atoms with van der Waals surface area (Å²) in [4.78, 5) is 32.3. The molecule has 0 aliphatic carbocycles. The first-order chi connectivity index (χ1) is 15.1. The Bertz CT molecular complexity index is 1010. The zero-order valence-corrected chi connectivity index (χ0v) is 17.0. The van der Waals surface area contributed by atoms with Crippen LogP contribution in [0, 0.1) is 5.82 Å². The Morgan fingerprint density at radius 1 is 1.16 bits per heavy atom. The van der Waals surface area contributed by atoms with E-state index in [0.717, 1.165) is 30.4 Å². The third-order valence-electron chi connectivity index (χ3n) is 5.56. The summed E-state index contributed by atoms with van der Waals surface area (Å²) in [6.07, 6.45) is 7.91. The lowest BCUT2D eigenvalue weighted by atomic mass is 9.94.